The van der Waals surface area contributed by atoms with Crippen molar-refractivity contribution in [2.45, 2.75) is 37.4 Å². The molecule has 150 valence electrons. The second kappa shape index (κ2) is 7.58. The minimum absolute atomic E-state index is 0.151. The maximum absolute atomic E-state index is 12.6. The van der Waals surface area contributed by atoms with Crippen molar-refractivity contribution in [2.75, 3.05) is 18.8 Å². The zero-order valence-electron chi connectivity index (χ0n) is 15.8. The highest BCUT2D eigenvalue weighted by Crippen LogP contribution is 2.53. The van der Waals surface area contributed by atoms with Gasteiger partial charge in [-0.1, -0.05) is 12.8 Å². The number of nitrogens with zero attached hydrogens (tertiary/aromatic N) is 2. The fraction of sp³-hybridized carbons (Fsp3) is 0.500. The maximum atomic E-state index is 12.6. The monoisotopic (exact) mass is 402 g/mol. The lowest BCUT2D eigenvalue weighted by Crippen LogP contribution is -2.34. The molecule has 1 aromatic rings. The lowest BCUT2D eigenvalue weighted by atomic mass is 10.2. The van der Waals surface area contributed by atoms with Crippen molar-refractivity contribution < 1.29 is 13.2 Å². The fourth-order valence-corrected chi connectivity index (χ4v) is 6.21. The molecule has 0 saturated heterocycles. The van der Waals surface area contributed by atoms with Gasteiger partial charge in [-0.25, -0.2) is 13.4 Å². The summed E-state index contributed by atoms with van der Waals surface area (Å²) in [5.74, 6) is 1.03. The fourth-order valence-electron chi connectivity index (χ4n) is 4.26. The Kier molecular flexibility index (Phi) is 5.14. The highest BCUT2D eigenvalue weighted by atomic mass is 32.2. The van der Waals surface area contributed by atoms with E-state index in [4.69, 9.17) is 5.73 Å². The Balaban J connectivity index is 1.21. The third kappa shape index (κ3) is 3.92. The zero-order chi connectivity index (χ0) is 19.7. The van der Waals surface area contributed by atoms with Crippen LogP contribution in [0.4, 0.5) is 5.82 Å². The number of nitrogens with one attached hydrogen (secondary N) is 1. The Labute approximate surface area is 165 Å². The number of aromatic nitrogens is 1. The predicted molar refractivity (Wildman–Crippen MR) is 108 cm³/mol. The second-order valence-corrected chi connectivity index (χ2v) is 9.96. The van der Waals surface area contributed by atoms with Gasteiger partial charge < -0.3 is 11.1 Å². The van der Waals surface area contributed by atoms with Crippen molar-refractivity contribution >= 4 is 27.8 Å². The summed E-state index contributed by atoms with van der Waals surface area (Å²) in [6.07, 6.45) is 11.1. The van der Waals surface area contributed by atoms with Gasteiger partial charge in [-0.05, 0) is 54.5 Å². The molecule has 0 spiro atoms. The highest BCUT2D eigenvalue weighted by molar-refractivity contribution is 7.89. The van der Waals surface area contributed by atoms with E-state index in [1.807, 2.05) is 6.20 Å². The number of amides is 1. The quantitative estimate of drug-likeness (QED) is 0.678. The Morgan fingerprint density at radius 1 is 1.32 bits per heavy atom. The summed E-state index contributed by atoms with van der Waals surface area (Å²) in [7, 11) is -3.17. The Morgan fingerprint density at radius 3 is 2.75 bits per heavy atom. The smallest absolute Gasteiger partial charge is 0.244 e. The minimum Gasteiger partial charge on any atom is -0.384 e. The number of carbonyl (C=O) groups is 1. The van der Waals surface area contributed by atoms with E-state index in [0.717, 1.165) is 37.7 Å². The van der Waals surface area contributed by atoms with Crippen LogP contribution in [0.25, 0.3) is 6.08 Å². The number of nitrogens with two attached hydrogens (primary N) is 1. The van der Waals surface area contributed by atoms with E-state index in [1.54, 1.807) is 28.7 Å². The zero-order valence-corrected chi connectivity index (χ0v) is 16.6. The van der Waals surface area contributed by atoms with E-state index >= 15 is 0 Å². The Bertz CT molecular complexity index is 902. The third-order valence-corrected chi connectivity index (χ3v) is 8.17. The average molecular weight is 403 g/mol. The molecule has 2 atom stereocenters. The van der Waals surface area contributed by atoms with Gasteiger partial charge in [-0.15, -0.1) is 0 Å². The first-order valence-electron chi connectivity index (χ1n) is 9.85. The van der Waals surface area contributed by atoms with Crippen molar-refractivity contribution in [3.63, 3.8) is 0 Å². The average Bonchev–Trinajstić information content (AvgIpc) is 3.11. The summed E-state index contributed by atoms with van der Waals surface area (Å²) in [5, 5.41) is 2.69. The van der Waals surface area contributed by atoms with Gasteiger partial charge in [0.15, 0.2) is 0 Å². The summed E-state index contributed by atoms with van der Waals surface area (Å²) >= 11 is 0. The number of hydrogen-bond donors (Lipinski definition) is 2. The molecule has 3 aliphatic rings. The topological polar surface area (TPSA) is 105 Å². The van der Waals surface area contributed by atoms with Crippen LogP contribution in [0.15, 0.2) is 36.2 Å². The summed E-state index contributed by atoms with van der Waals surface area (Å²) in [6.45, 7) is 1.16. The number of fused-ring (bicyclic) bond motifs is 1. The molecule has 28 heavy (non-hydrogen) atoms. The van der Waals surface area contributed by atoms with Gasteiger partial charge in [-0.3, -0.25) is 9.10 Å². The molecule has 2 aliphatic carbocycles. The molecule has 2 heterocycles. The normalized spacial score (nSPS) is 24.4. The summed E-state index contributed by atoms with van der Waals surface area (Å²) in [4.78, 5) is 15.9. The Morgan fingerprint density at radius 2 is 2.11 bits per heavy atom. The largest absolute Gasteiger partial charge is 0.384 e. The van der Waals surface area contributed by atoms with Crippen molar-refractivity contribution in [1.29, 1.82) is 0 Å². The molecular formula is C20H26N4O3S. The molecule has 0 bridgehead atoms. The third-order valence-electron chi connectivity index (χ3n) is 5.94. The van der Waals surface area contributed by atoms with Gasteiger partial charge in [0.05, 0.1) is 5.25 Å². The maximum Gasteiger partial charge on any atom is 0.244 e. The van der Waals surface area contributed by atoms with Crippen LogP contribution in [-0.4, -0.2) is 42.0 Å². The van der Waals surface area contributed by atoms with Crippen LogP contribution < -0.4 is 11.1 Å². The minimum atomic E-state index is -3.17. The van der Waals surface area contributed by atoms with Gasteiger partial charge in [0.2, 0.25) is 15.9 Å². The number of rotatable bonds is 7. The second-order valence-electron chi connectivity index (χ2n) is 7.79. The molecule has 1 aromatic heterocycles. The lowest BCUT2D eigenvalue weighted by molar-refractivity contribution is -0.116. The van der Waals surface area contributed by atoms with E-state index in [9.17, 15) is 13.2 Å². The van der Waals surface area contributed by atoms with Crippen LogP contribution in [0.3, 0.4) is 0 Å². The molecule has 7 nitrogen and oxygen atoms in total. The van der Waals surface area contributed by atoms with Gasteiger partial charge in [0, 0.05) is 37.5 Å². The highest BCUT2D eigenvalue weighted by Gasteiger charge is 2.51. The molecule has 2 saturated carbocycles. The number of pyridine rings is 1. The number of nitrogen functional groups attached to an aromatic ring is 1. The molecule has 4 rings (SSSR count). The van der Waals surface area contributed by atoms with Crippen LogP contribution in [-0.2, 0) is 14.8 Å². The van der Waals surface area contributed by atoms with E-state index in [-0.39, 0.29) is 11.2 Å². The molecular weight excluding hydrogens is 376 g/mol. The van der Waals surface area contributed by atoms with Crippen LogP contribution in [0.5, 0.6) is 0 Å². The summed E-state index contributed by atoms with van der Waals surface area (Å²) in [6, 6.07) is 3.49. The first-order valence-corrected chi connectivity index (χ1v) is 11.3. The number of hydrogen-bond acceptors (Lipinski definition) is 5. The lowest BCUT2D eigenvalue weighted by Gasteiger charge is -2.22. The van der Waals surface area contributed by atoms with Gasteiger partial charge in [-0.2, -0.15) is 0 Å². The van der Waals surface area contributed by atoms with E-state index < -0.39 is 10.0 Å². The summed E-state index contributed by atoms with van der Waals surface area (Å²) < 4.78 is 26.8. The van der Waals surface area contributed by atoms with Crippen LogP contribution in [0.1, 0.15) is 37.7 Å². The number of sulfonamides is 1. The summed E-state index contributed by atoms with van der Waals surface area (Å²) in [5.41, 5.74) is 7.57. The standard InChI is InChI=1S/C20H26N4O3S/c21-19-7-5-14(11-23-19)6-8-20(25)22-10-9-16-17-12-24(13-18(16)17)28(26,27)15-3-1-2-4-15/h5-8,11-12,15-16,18H,1-4,9-10,13H2,(H2,21,23)(H,22,25)/b8-6+/t16-,18+/m1/s1. The first-order chi connectivity index (χ1) is 13.4. The van der Waals surface area contributed by atoms with E-state index in [0.29, 0.717) is 30.7 Å². The van der Waals surface area contributed by atoms with Gasteiger partial charge >= 0.3 is 0 Å². The van der Waals surface area contributed by atoms with E-state index in [1.165, 1.54) is 11.6 Å². The van der Waals surface area contributed by atoms with Gasteiger partial charge in [0.25, 0.3) is 0 Å². The molecule has 0 aromatic carbocycles. The van der Waals surface area contributed by atoms with Crippen molar-refractivity contribution in [2.24, 2.45) is 11.8 Å². The number of carbonyl (C=O) groups excluding carboxylic acids is 1. The van der Waals surface area contributed by atoms with E-state index in [2.05, 4.69) is 10.3 Å². The molecule has 1 amide bonds. The van der Waals surface area contributed by atoms with Crippen LogP contribution in [0, 0.1) is 11.8 Å². The molecule has 8 heteroatoms. The molecule has 1 aliphatic heterocycles. The molecule has 3 N–H and O–H groups in total. The number of anilines is 1. The van der Waals surface area contributed by atoms with Gasteiger partial charge in [0.1, 0.15) is 5.82 Å². The van der Waals surface area contributed by atoms with Crippen LogP contribution in [0.2, 0.25) is 0 Å². The van der Waals surface area contributed by atoms with Crippen molar-refractivity contribution in [1.82, 2.24) is 14.6 Å². The predicted octanol–water partition coefficient (Wildman–Crippen LogP) is 1.90. The van der Waals surface area contributed by atoms with Crippen molar-refractivity contribution in [3.8, 4) is 0 Å². The van der Waals surface area contributed by atoms with Crippen LogP contribution >= 0.6 is 0 Å². The Hall–Kier alpha value is -2.35. The molecule has 0 radical (unpaired) electrons. The SMILES string of the molecule is Nc1ccc(/C=C/C(=O)NCC[C@@H]2C3=CN(S(=O)(=O)C4CCCC4)C[C@H]32)cn1. The van der Waals surface area contributed by atoms with Crippen molar-refractivity contribution in [3.05, 3.63) is 41.7 Å². The molecule has 0 unspecified atom stereocenters. The first kappa shape index (κ1) is 19.0. The molecule has 2 fully saturated rings.